The average molecular weight is 198 g/mol. The molecule has 0 aromatic heterocycles. The van der Waals surface area contributed by atoms with E-state index in [0.29, 0.717) is 24.2 Å². The van der Waals surface area contributed by atoms with E-state index in [2.05, 4.69) is 13.8 Å². The van der Waals surface area contributed by atoms with Gasteiger partial charge in [0.15, 0.2) is 0 Å². The number of hydrogen-bond acceptors (Lipinski definition) is 2. The minimum atomic E-state index is 0.483. The monoisotopic (exact) mass is 198 g/mol. The van der Waals surface area contributed by atoms with E-state index in [1.807, 2.05) is 0 Å². The van der Waals surface area contributed by atoms with Crippen LogP contribution >= 0.6 is 0 Å². The van der Waals surface area contributed by atoms with Crippen LogP contribution in [0.15, 0.2) is 0 Å². The average Bonchev–Trinajstić information content (AvgIpc) is 2.75. The molecular formula is C12H22O2. The lowest BCUT2D eigenvalue weighted by Crippen LogP contribution is -2.22. The highest BCUT2D eigenvalue weighted by Gasteiger charge is 2.28. The summed E-state index contributed by atoms with van der Waals surface area (Å²) >= 11 is 0. The van der Waals surface area contributed by atoms with Gasteiger partial charge in [-0.3, -0.25) is 0 Å². The molecule has 2 rings (SSSR count). The van der Waals surface area contributed by atoms with Crippen molar-refractivity contribution in [3.05, 3.63) is 0 Å². The quantitative estimate of drug-likeness (QED) is 0.694. The molecule has 2 aliphatic heterocycles. The fourth-order valence-electron chi connectivity index (χ4n) is 2.68. The Morgan fingerprint density at radius 3 is 2.71 bits per heavy atom. The first-order valence-electron chi connectivity index (χ1n) is 6.03. The van der Waals surface area contributed by atoms with Gasteiger partial charge in [0.05, 0.1) is 18.3 Å². The summed E-state index contributed by atoms with van der Waals surface area (Å²) < 4.78 is 11.5. The van der Waals surface area contributed by atoms with Gasteiger partial charge in [-0.25, -0.2) is 0 Å². The van der Waals surface area contributed by atoms with Crippen molar-refractivity contribution < 1.29 is 9.47 Å². The standard InChI is InChI=1S/C12H22O2/c1-9(12-4-3-7-13-12)8-11-6-5-10(2)14-11/h9-12H,3-8H2,1-2H3/t9?,10-,11?,12?/m0/s1. The van der Waals surface area contributed by atoms with E-state index in [1.165, 1.54) is 32.1 Å². The maximum Gasteiger partial charge on any atom is 0.0602 e. The molecule has 0 aromatic carbocycles. The van der Waals surface area contributed by atoms with E-state index in [0.717, 1.165) is 6.61 Å². The summed E-state index contributed by atoms with van der Waals surface area (Å²) in [5.41, 5.74) is 0. The van der Waals surface area contributed by atoms with Gasteiger partial charge in [0.25, 0.3) is 0 Å². The van der Waals surface area contributed by atoms with Gasteiger partial charge < -0.3 is 9.47 Å². The lowest BCUT2D eigenvalue weighted by Gasteiger charge is -2.21. The zero-order valence-electron chi connectivity index (χ0n) is 9.37. The molecular weight excluding hydrogens is 176 g/mol. The minimum absolute atomic E-state index is 0.483. The maximum absolute atomic E-state index is 5.84. The van der Waals surface area contributed by atoms with Gasteiger partial charge in [-0.1, -0.05) is 6.92 Å². The Morgan fingerprint density at radius 2 is 2.14 bits per heavy atom. The first-order valence-corrected chi connectivity index (χ1v) is 6.03. The largest absolute Gasteiger partial charge is 0.378 e. The summed E-state index contributed by atoms with van der Waals surface area (Å²) in [5, 5.41) is 0. The van der Waals surface area contributed by atoms with Gasteiger partial charge in [0, 0.05) is 6.61 Å². The third-order valence-electron chi connectivity index (χ3n) is 3.55. The van der Waals surface area contributed by atoms with E-state index >= 15 is 0 Å². The van der Waals surface area contributed by atoms with Crippen molar-refractivity contribution in [2.75, 3.05) is 6.61 Å². The van der Waals surface area contributed by atoms with Crippen molar-refractivity contribution >= 4 is 0 Å². The van der Waals surface area contributed by atoms with Crippen LogP contribution in [0.25, 0.3) is 0 Å². The Balaban J connectivity index is 1.73. The van der Waals surface area contributed by atoms with E-state index < -0.39 is 0 Å². The summed E-state index contributed by atoms with van der Waals surface area (Å²) in [5.74, 6) is 0.674. The number of ether oxygens (including phenoxy) is 2. The lowest BCUT2D eigenvalue weighted by molar-refractivity contribution is 0.0110. The summed E-state index contributed by atoms with van der Waals surface area (Å²) in [6, 6.07) is 0. The summed E-state index contributed by atoms with van der Waals surface area (Å²) in [7, 11) is 0. The molecule has 0 amide bonds. The topological polar surface area (TPSA) is 18.5 Å². The van der Waals surface area contributed by atoms with Crippen molar-refractivity contribution in [2.45, 2.75) is 64.3 Å². The van der Waals surface area contributed by atoms with E-state index in [1.54, 1.807) is 0 Å². The first kappa shape index (κ1) is 10.4. The third-order valence-corrected chi connectivity index (χ3v) is 3.55. The SMILES string of the molecule is CC(CC1CC[C@H](C)O1)C1CCCO1. The fraction of sp³-hybridized carbons (Fsp3) is 1.00. The molecule has 0 aromatic rings. The molecule has 2 saturated heterocycles. The van der Waals surface area contributed by atoms with Crippen LogP contribution in [0.2, 0.25) is 0 Å². The first-order chi connectivity index (χ1) is 6.75. The van der Waals surface area contributed by atoms with Gasteiger partial charge in [0.2, 0.25) is 0 Å². The van der Waals surface area contributed by atoms with Crippen LogP contribution in [0.4, 0.5) is 0 Å². The highest BCUT2D eigenvalue weighted by Crippen LogP contribution is 2.29. The molecule has 3 unspecified atom stereocenters. The zero-order valence-corrected chi connectivity index (χ0v) is 9.37. The van der Waals surface area contributed by atoms with Crippen LogP contribution in [-0.2, 0) is 9.47 Å². The number of hydrogen-bond donors (Lipinski definition) is 0. The number of rotatable bonds is 3. The van der Waals surface area contributed by atoms with Gasteiger partial charge in [-0.2, -0.15) is 0 Å². The molecule has 4 atom stereocenters. The second-order valence-electron chi connectivity index (χ2n) is 4.91. The normalized spacial score (nSPS) is 40.3. The van der Waals surface area contributed by atoms with Crippen LogP contribution in [0.5, 0.6) is 0 Å². The Bertz CT molecular complexity index is 175. The van der Waals surface area contributed by atoms with Gasteiger partial charge in [-0.05, 0) is 44.9 Å². The predicted octanol–water partition coefficient (Wildman–Crippen LogP) is 2.76. The van der Waals surface area contributed by atoms with Gasteiger partial charge >= 0.3 is 0 Å². The molecule has 2 heterocycles. The van der Waals surface area contributed by atoms with E-state index in [9.17, 15) is 0 Å². The molecule has 0 bridgehead atoms. The molecule has 2 fully saturated rings. The molecule has 0 radical (unpaired) electrons. The Labute approximate surface area is 87.0 Å². The lowest BCUT2D eigenvalue weighted by atomic mass is 9.94. The Kier molecular flexibility index (Phi) is 3.45. The van der Waals surface area contributed by atoms with Gasteiger partial charge in [0.1, 0.15) is 0 Å². The van der Waals surface area contributed by atoms with Crippen molar-refractivity contribution in [1.29, 1.82) is 0 Å². The minimum Gasteiger partial charge on any atom is -0.378 e. The molecule has 2 nitrogen and oxygen atoms in total. The van der Waals surface area contributed by atoms with Gasteiger partial charge in [-0.15, -0.1) is 0 Å². The van der Waals surface area contributed by atoms with E-state index in [-0.39, 0.29) is 0 Å². The molecule has 2 heteroatoms. The summed E-state index contributed by atoms with van der Waals surface area (Å²) in [6.07, 6.45) is 7.67. The molecule has 0 spiro atoms. The van der Waals surface area contributed by atoms with Crippen molar-refractivity contribution in [2.24, 2.45) is 5.92 Å². The maximum atomic E-state index is 5.84. The second kappa shape index (κ2) is 4.63. The van der Waals surface area contributed by atoms with Crippen LogP contribution in [0, 0.1) is 5.92 Å². The van der Waals surface area contributed by atoms with Crippen molar-refractivity contribution in [3.8, 4) is 0 Å². The van der Waals surface area contributed by atoms with E-state index in [4.69, 9.17) is 9.47 Å². The molecule has 0 N–H and O–H groups in total. The Morgan fingerprint density at radius 1 is 1.29 bits per heavy atom. The smallest absolute Gasteiger partial charge is 0.0602 e. The predicted molar refractivity (Wildman–Crippen MR) is 56.3 cm³/mol. The molecule has 82 valence electrons. The van der Waals surface area contributed by atoms with Crippen molar-refractivity contribution in [1.82, 2.24) is 0 Å². The third kappa shape index (κ3) is 2.48. The fourth-order valence-corrected chi connectivity index (χ4v) is 2.68. The van der Waals surface area contributed by atoms with Crippen LogP contribution in [-0.4, -0.2) is 24.9 Å². The second-order valence-corrected chi connectivity index (χ2v) is 4.91. The molecule has 2 aliphatic rings. The summed E-state index contributed by atoms with van der Waals surface area (Å²) in [6.45, 7) is 5.45. The van der Waals surface area contributed by atoms with Crippen LogP contribution in [0.3, 0.4) is 0 Å². The zero-order chi connectivity index (χ0) is 9.97. The van der Waals surface area contributed by atoms with Crippen molar-refractivity contribution in [3.63, 3.8) is 0 Å². The van der Waals surface area contributed by atoms with Crippen LogP contribution in [0.1, 0.15) is 46.0 Å². The highest BCUT2D eigenvalue weighted by molar-refractivity contribution is 4.78. The molecule has 0 saturated carbocycles. The highest BCUT2D eigenvalue weighted by atomic mass is 16.5. The molecule has 0 aliphatic carbocycles. The molecule has 14 heavy (non-hydrogen) atoms. The summed E-state index contributed by atoms with van der Waals surface area (Å²) in [4.78, 5) is 0. The Hall–Kier alpha value is -0.0800. The van der Waals surface area contributed by atoms with Crippen LogP contribution < -0.4 is 0 Å².